The molecule has 0 amide bonds. The second kappa shape index (κ2) is 6.91. The lowest BCUT2D eigenvalue weighted by Gasteiger charge is -2.23. The second-order valence-electron chi connectivity index (χ2n) is 6.61. The average Bonchev–Trinajstić information content (AvgIpc) is 3.11. The molecular formula is C18H27NO2. The highest BCUT2D eigenvalue weighted by Gasteiger charge is 2.44. The minimum Gasteiger partial charge on any atom is -0.385 e. The number of likely N-dealkylation sites (tertiary alicyclic amines) is 1. The summed E-state index contributed by atoms with van der Waals surface area (Å²) in [5, 5.41) is 0. The highest BCUT2D eigenvalue weighted by Crippen LogP contribution is 2.38. The van der Waals surface area contributed by atoms with Crippen molar-refractivity contribution in [2.24, 2.45) is 5.92 Å². The van der Waals surface area contributed by atoms with Crippen molar-refractivity contribution in [2.75, 3.05) is 40.0 Å². The summed E-state index contributed by atoms with van der Waals surface area (Å²) in [6, 6.07) is 10.8. The Morgan fingerprint density at radius 1 is 1.33 bits per heavy atom. The summed E-state index contributed by atoms with van der Waals surface area (Å²) >= 11 is 0. The van der Waals surface area contributed by atoms with Gasteiger partial charge in [0.05, 0.1) is 12.2 Å². The molecule has 2 atom stereocenters. The van der Waals surface area contributed by atoms with E-state index in [0.717, 1.165) is 39.1 Å². The third-order valence-corrected chi connectivity index (χ3v) is 4.97. The van der Waals surface area contributed by atoms with Crippen molar-refractivity contribution in [3.05, 3.63) is 35.9 Å². The molecular weight excluding hydrogens is 262 g/mol. The minimum atomic E-state index is 0.148. The maximum Gasteiger partial charge on any atom is 0.0824 e. The highest BCUT2D eigenvalue weighted by molar-refractivity contribution is 5.15. The van der Waals surface area contributed by atoms with Gasteiger partial charge in [-0.3, -0.25) is 0 Å². The normalized spacial score (nSPS) is 29.5. The average molecular weight is 289 g/mol. The van der Waals surface area contributed by atoms with Gasteiger partial charge in [-0.15, -0.1) is 0 Å². The van der Waals surface area contributed by atoms with Crippen LogP contribution in [0.4, 0.5) is 0 Å². The first kappa shape index (κ1) is 15.0. The summed E-state index contributed by atoms with van der Waals surface area (Å²) < 4.78 is 11.4. The Balaban J connectivity index is 1.45. The van der Waals surface area contributed by atoms with Gasteiger partial charge in [0.2, 0.25) is 0 Å². The van der Waals surface area contributed by atoms with E-state index in [1.807, 2.05) is 0 Å². The van der Waals surface area contributed by atoms with Crippen LogP contribution in [0, 0.1) is 5.92 Å². The molecule has 2 fully saturated rings. The monoisotopic (exact) mass is 289 g/mol. The number of ether oxygens (including phenoxy) is 2. The minimum absolute atomic E-state index is 0.148. The van der Waals surface area contributed by atoms with E-state index in [0.29, 0.717) is 5.92 Å². The van der Waals surface area contributed by atoms with E-state index in [2.05, 4.69) is 35.2 Å². The van der Waals surface area contributed by atoms with Crippen LogP contribution in [0.3, 0.4) is 0 Å². The van der Waals surface area contributed by atoms with E-state index in [-0.39, 0.29) is 5.60 Å². The Morgan fingerprint density at radius 2 is 2.19 bits per heavy atom. The predicted molar refractivity (Wildman–Crippen MR) is 84.5 cm³/mol. The zero-order valence-corrected chi connectivity index (χ0v) is 13.1. The topological polar surface area (TPSA) is 21.7 Å². The fraction of sp³-hybridized carbons (Fsp3) is 0.667. The molecule has 0 aliphatic carbocycles. The van der Waals surface area contributed by atoms with Crippen LogP contribution in [0.15, 0.2) is 30.3 Å². The number of hydrogen-bond donors (Lipinski definition) is 0. The fourth-order valence-corrected chi connectivity index (χ4v) is 3.74. The lowest BCUT2D eigenvalue weighted by molar-refractivity contribution is 0.0114. The second-order valence-corrected chi connectivity index (χ2v) is 6.61. The zero-order valence-electron chi connectivity index (χ0n) is 13.1. The standard InChI is InChI=1S/C18H27NO2/c1-20-12-8-17-13-18(21-14-17)9-11-19(15-18)10-7-16-5-3-2-4-6-16/h2-6,17H,7-15H2,1H3/t17-,18+/m1/s1. The molecule has 116 valence electrons. The molecule has 2 heterocycles. The molecule has 1 aromatic carbocycles. The highest BCUT2D eigenvalue weighted by atomic mass is 16.5. The van der Waals surface area contributed by atoms with Crippen LogP contribution in [0.5, 0.6) is 0 Å². The van der Waals surface area contributed by atoms with E-state index < -0.39 is 0 Å². The van der Waals surface area contributed by atoms with E-state index in [4.69, 9.17) is 9.47 Å². The molecule has 3 heteroatoms. The predicted octanol–water partition coefficient (Wildman–Crippen LogP) is 2.75. The van der Waals surface area contributed by atoms with Gasteiger partial charge in [0, 0.05) is 33.4 Å². The largest absolute Gasteiger partial charge is 0.385 e. The van der Waals surface area contributed by atoms with Gasteiger partial charge in [-0.25, -0.2) is 0 Å². The van der Waals surface area contributed by atoms with Gasteiger partial charge >= 0.3 is 0 Å². The Bertz CT molecular complexity index is 436. The molecule has 3 rings (SSSR count). The molecule has 2 aliphatic heterocycles. The molecule has 0 radical (unpaired) electrons. The lowest BCUT2D eigenvalue weighted by Crippen LogP contribution is -2.33. The number of nitrogens with zero attached hydrogens (tertiary/aromatic N) is 1. The van der Waals surface area contributed by atoms with Crippen LogP contribution in [0.1, 0.15) is 24.8 Å². The van der Waals surface area contributed by atoms with Gasteiger partial charge in [-0.2, -0.15) is 0 Å². The van der Waals surface area contributed by atoms with Crippen molar-refractivity contribution in [1.29, 1.82) is 0 Å². The van der Waals surface area contributed by atoms with Crippen molar-refractivity contribution >= 4 is 0 Å². The van der Waals surface area contributed by atoms with Crippen LogP contribution in [0.25, 0.3) is 0 Å². The Morgan fingerprint density at radius 3 is 3.00 bits per heavy atom. The number of hydrogen-bond acceptors (Lipinski definition) is 3. The fourth-order valence-electron chi connectivity index (χ4n) is 3.74. The van der Waals surface area contributed by atoms with Crippen molar-refractivity contribution in [1.82, 2.24) is 4.90 Å². The molecule has 2 saturated heterocycles. The summed E-state index contributed by atoms with van der Waals surface area (Å²) in [7, 11) is 1.78. The van der Waals surface area contributed by atoms with Crippen LogP contribution in [0.2, 0.25) is 0 Å². The quantitative estimate of drug-likeness (QED) is 0.804. The summed E-state index contributed by atoms with van der Waals surface area (Å²) in [5.74, 6) is 0.694. The molecule has 0 aromatic heterocycles. The molecule has 21 heavy (non-hydrogen) atoms. The zero-order chi connectivity index (χ0) is 14.5. The molecule has 0 N–H and O–H groups in total. The smallest absolute Gasteiger partial charge is 0.0824 e. The van der Waals surface area contributed by atoms with E-state index >= 15 is 0 Å². The van der Waals surface area contributed by atoms with Crippen molar-refractivity contribution in [3.63, 3.8) is 0 Å². The molecule has 0 bridgehead atoms. The van der Waals surface area contributed by atoms with Crippen LogP contribution in [-0.4, -0.2) is 50.5 Å². The van der Waals surface area contributed by atoms with Crippen molar-refractivity contribution < 1.29 is 9.47 Å². The van der Waals surface area contributed by atoms with Crippen LogP contribution < -0.4 is 0 Å². The Labute approximate surface area is 128 Å². The molecule has 2 aliphatic rings. The van der Waals surface area contributed by atoms with Gasteiger partial charge in [-0.1, -0.05) is 30.3 Å². The van der Waals surface area contributed by atoms with Crippen LogP contribution in [-0.2, 0) is 15.9 Å². The Kier molecular flexibility index (Phi) is 4.94. The molecule has 1 aromatic rings. The van der Waals surface area contributed by atoms with E-state index in [1.54, 1.807) is 7.11 Å². The first-order valence-electron chi connectivity index (χ1n) is 8.19. The van der Waals surface area contributed by atoms with Crippen molar-refractivity contribution in [3.8, 4) is 0 Å². The molecule has 0 unspecified atom stereocenters. The van der Waals surface area contributed by atoms with Crippen LogP contribution >= 0.6 is 0 Å². The maximum atomic E-state index is 6.20. The lowest BCUT2D eigenvalue weighted by atomic mass is 9.92. The summed E-state index contributed by atoms with van der Waals surface area (Å²) in [6.07, 6.45) is 4.70. The molecule has 3 nitrogen and oxygen atoms in total. The molecule has 0 saturated carbocycles. The third-order valence-electron chi connectivity index (χ3n) is 4.97. The third kappa shape index (κ3) is 3.85. The number of methoxy groups -OCH3 is 1. The maximum absolute atomic E-state index is 6.20. The summed E-state index contributed by atoms with van der Waals surface area (Å²) in [4.78, 5) is 2.58. The van der Waals surface area contributed by atoms with Gasteiger partial charge in [-0.05, 0) is 37.2 Å². The summed E-state index contributed by atoms with van der Waals surface area (Å²) in [5.41, 5.74) is 1.58. The van der Waals surface area contributed by atoms with Gasteiger partial charge in [0.25, 0.3) is 0 Å². The summed E-state index contributed by atoms with van der Waals surface area (Å²) in [6.45, 7) is 5.24. The Hall–Kier alpha value is -0.900. The molecule has 1 spiro atoms. The SMILES string of the molecule is COCC[C@H]1CO[C@@]2(CCN(CCc3ccccc3)C2)C1. The van der Waals surface area contributed by atoms with Crippen molar-refractivity contribution in [2.45, 2.75) is 31.3 Å². The first-order valence-corrected chi connectivity index (χ1v) is 8.19. The number of benzene rings is 1. The first-order chi connectivity index (χ1) is 10.3. The number of rotatable bonds is 6. The van der Waals surface area contributed by atoms with Gasteiger partial charge < -0.3 is 14.4 Å². The van der Waals surface area contributed by atoms with E-state index in [9.17, 15) is 0 Å². The van der Waals surface area contributed by atoms with Gasteiger partial charge in [0.15, 0.2) is 0 Å². The van der Waals surface area contributed by atoms with E-state index in [1.165, 1.54) is 24.9 Å². The van der Waals surface area contributed by atoms with Gasteiger partial charge in [0.1, 0.15) is 0 Å².